The monoisotopic (exact) mass is 317 g/mol. The first-order valence-electron chi connectivity index (χ1n) is 7.74. The number of unbranched alkanes of at least 4 members (excludes halogenated alkanes) is 1. The Morgan fingerprint density at radius 2 is 1.95 bits per heavy atom. The van der Waals surface area contributed by atoms with Gasteiger partial charge in [0.2, 0.25) is 0 Å². The van der Waals surface area contributed by atoms with Gasteiger partial charge in [-0.15, -0.1) is 11.3 Å². The van der Waals surface area contributed by atoms with E-state index in [1.54, 1.807) is 4.90 Å². The molecule has 22 heavy (non-hydrogen) atoms. The third-order valence-electron chi connectivity index (χ3n) is 3.44. The molecule has 0 unspecified atom stereocenters. The summed E-state index contributed by atoms with van der Waals surface area (Å²) >= 11 is 1.51. The fourth-order valence-corrected chi connectivity index (χ4v) is 3.30. The molecule has 2 aromatic rings. The second-order valence-corrected chi connectivity index (χ2v) is 6.24. The van der Waals surface area contributed by atoms with Gasteiger partial charge in [0.15, 0.2) is 0 Å². The maximum atomic E-state index is 12.6. The van der Waals surface area contributed by atoms with E-state index in [4.69, 9.17) is 4.74 Å². The number of ether oxygens (including phenoxy) is 1. The van der Waals surface area contributed by atoms with E-state index in [0.29, 0.717) is 17.2 Å². The summed E-state index contributed by atoms with van der Waals surface area (Å²) in [6.45, 7) is 5.40. The van der Waals surface area contributed by atoms with Crippen LogP contribution in [0.4, 0.5) is 0 Å². The molecule has 118 valence electrons. The minimum absolute atomic E-state index is 0.0454. The highest BCUT2D eigenvalue weighted by Crippen LogP contribution is 2.37. The smallest absolute Gasteiger partial charge is 0.267 e. The first-order valence-corrected chi connectivity index (χ1v) is 8.56. The van der Waals surface area contributed by atoms with Crippen molar-refractivity contribution in [3.8, 4) is 16.2 Å². The molecule has 0 bridgehead atoms. The van der Waals surface area contributed by atoms with Gasteiger partial charge in [-0.25, -0.2) is 0 Å². The maximum absolute atomic E-state index is 12.6. The molecule has 1 aromatic carbocycles. The zero-order chi connectivity index (χ0) is 15.9. The molecular weight excluding hydrogens is 294 g/mol. The lowest BCUT2D eigenvalue weighted by molar-refractivity contribution is 0.0794. The van der Waals surface area contributed by atoms with E-state index >= 15 is 0 Å². The molecule has 2 rings (SSSR count). The summed E-state index contributed by atoms with van der Waals surface area (Å²) in [5.74, 6) is 0.740. The highest BCUT2D eigenvalue weighted by atomic mass is 32.1. The van der Waals surface area contributed by atoms with E-state index in [2.05, 4.69) is 19.1 Å². The van der Waals surface area contributed by atoms with Crippen LogP contribution in [0.15, 0.2) is 36.4 Å². The van der Waals surface area contributed by atoms with Gasteiger partial charge in [-0.3, -0.25) is 4.79 Å². The third-order valence-corrected chi connectivity index (χ3v) is 4.60. The maximum Gasteiger partial charge on any atom is 0.267 e. The Labute approximate surface area is 136 Å². The number of carbonyl (C=O) groups is 1. The van der Waals surface area contributed by atoms with Crippen LogP contribution < -0.4 is 4.74 Å². The molecule has 1 aromatic heterocycles. The van der Waals surface area contributed by atoms with Gasteiger partial charge in [-0.1, -0.05) is 43.7 Å². The Morgan fingerprint density at radius 3 is 2.59 bits per heavy atom. The molecule has 0 N–H and O–H groups in total. The fourth-order valence-electron chi connectivity index (χ4n) is 2.20. The zero-order valence-corrected chi connectivity index (χ0v) is 14.3. The van der Waals surface area contributed by atoms with E-state index in [1.165, 1.54) is 11.3 Å². The largest absolute Gasteiger partial charge is 0.492 e. The van der Waals surface area contributed by atoms with Crippen molar-refractivity contribution in [2.75, 3.05) is 20.2 Å². The third kappa shape index (κ3) is 3.89. The number of hydrogen-bond donors (Lipinski definition) is 0. The van der Waals surface area contributed by atoms with Crippen LogP contribution in [0.25, 0.3) is 10.4 Å². The number of benzene rings is 1. The van der Waals surface area contributed by atoms with Gasteiger partial charge in [0.1, 0.15) is 10.6 Å². The first kappa shape index (κ1) is 16.6. The molecule has 0 atom stereocenters. The van der Waals surface area contributed by atoms with Crippen molar-refractivity contribution >= 4 is 17.2 Å². The number of amides is 1. The van der Waals surface area contributed by atoms with Crippen molar-refractivity contribution in [3.63, 3.8) is 0 Å². The van der Waals surface area contributed by atoms with Crippen molar-refractivity contribution in [2.45, 2.75) is 26.7 Å². The molecule has 0 spiro atoms. The quantitative estimate of drug-likeness (QED) is 0.741. The molecule has 0 aliphatic heterocycles. The Morgan fingerprint density at radius 1 is 1.23 bits per heavy atom. The van der Waals surface area contributed by atoms with Crippen molar-refractivity contribution < 1.29 is 9.53 Å². The molecule has 0 radical (unpaired) electrons. The number of hydrogen-bond acceptors (Lipinski definition) is 3. The van der Waals surface area contributed by atoms with Crippen molar-refractivity contribution in [1.29, 1.82) is 0 Å². The number of nitrogens with zero attached hydrogens (tertiary/aromatic N) is 1. The van der Waals surface area contributed by atoms with Gasteiger partial charge in [-0.2, -0.15) is 0 Å². The van der Waals surface area contributed by atoms with Crippen LogP contribution in [0.5, 0.6) is 5.75 Å². The lowest BCUT2D eigenvalue weighted by Gasteiger charge is -2.16. The van der Waals surface area contributed by atoms with Gasteiger partial charge in [-0.05, 0) is 25.0 Å². The topological polar surface area (TPSA) is 29.5 Å². The predicted octanol–water partition coefficient (Wildman–Crippen LogP) is 4.69. The molecule has 1 heterocycles. The van der Waals surface area contributed by atoms with E-state index in [9.17, 15) is 4.79 Å². The van der Waals surface area contributed by atoms with Crippen molar-refractivity contribution in [3.05, 3.63) is 41.3 Å². The summed E-state index contributed by atoms with van der Waals surface area (Å²) < 4.78 is 5.68. The average molecular weight is 317 g/mol. The summed E-state index contributed by atoms with van der Waals surface area (Å²) in [6.07, 6.45) is 2.10. The van der Waals surface area contributed by atoms with Gasteiger partial charge < -0.3 is 9.64 Å². The zero-order valence-electron chi connectivity index (χ0n) is 13.5. The standard InChI is InChI=1S/C18H23NO2S/c1-4-6-12-19(3)18(20)17-15(21-5-2)13-16(22-17)14-10-8-7-9-11-14/h7-11,13H,4-6,12H2,1-3H3. The number of thiophene rings is 1. The Bertz CT molecular complexity index is 607. The Balaban J connectivity index is 2.29. The lowest BCUT2D eigenvalue weighted by atomic mass is 10.2. The first-order chi connectivity index (χ1) is 10.7. The summed E-state index contributed by atoms with van der Waals surface area (Å²) in [7, 11) is 1.86. The normalized spacial score (nSPS) is 10.5. The highest BCUT2D eigenvalue weighted by Gasteiger charge is 2.21. The second kappa shape index (κ2) is 7.99. The molecule has 0 saturated carbocycles. The molecular formula is C18H23NO2S. The van der Waals surface area contributed by atoms with Crippen LogP contribution in [-0.4, -0.2) is 31.0 Å². The van der Waals surface area contributed by atoms with Gasteiger partial charge >= 0.3 is 0 Å². The van der Waals surface area contributed by atoms with Crippen LogP contribution in [0.2, 0.25) is 0 Å². The summed E-state index contributed by atoms with van der Waals surface area (Å²) in [5, 5.41) is 0. The number of carbonyl (C=O) groups excluding carboxylic acids is 1. The van der Waals surface area contributed by atoms with Crippen molar-refractivity contribution in [1.82, 2.24) is 4.90 Å². The van der Waals surface area contributed by atoms with Gasteiger partial charge in [0.25, 0.3) is 5.91 Å². The predicted molar refractivity (Wildman–Crippen MR) is 92.8 cm³/mol. The van der Waals surface area contributed by atoms with Crippen molar-refractivity contribution in [2.24, 2.45) is 0 Å². The van der Waals surface area contributed by atoms with Gasteiger partial charge in [0.05, 0.1) is 6.61 Å². The molecule has 0 aliphatic carbocycles. The SMILES string of the molecule is CCCCN(C)C(=O)c1sc(-c2ccccc2)cc1OCC. The Hall–Kier alpha value is -1.81. The van der Waals surface area contributed by atoms with Crippen LogP contribution in [0.3, 0.4) is 0 Å². The summed E-state index contributed by atoms with van der Waals surface area (Å²) in [5.41, 5.74) is 1.11. The van der Waals surface area contributed by atoms with E-state index in [-0.39, 0.29) is 5.91 Å². The Kier molecular flexibility index (Phi) is 6.01. The number of rotatable bonds is 7. The average Bonchev–Trinajstić information content (AvgIpc) is 2.97. The highest BCUT2D eigenvalue weighted by molar-refractivity contribution is 7.17. The van der Waals surface area contributed by atoms with E-state index < -0.39 is 0 Å². The summed E-state index contributed by atoms with van der Waals surface area (Å²) in [6, 6.07) is 12.1. The van der Waals surface area contributed by atoms with Crippen LogP contribution >= 0.6 is 11.3 Å². The fraction of sp³-hybridized carbons (Fsp3) is 0.389. The van der Waals surface area contributed by atoms with E-state index in [0.717, 1.165) is 29.8 Å². The molecule has 0 saturated heterocycles. The minimum Gasteiger partial charge on any atom is -0.492 e. The van der Waals surface area contributed by atoms with Crippen LogP contribution in [0, 0.1) is 0 Å². The second-order valence-electron chi connectivity index (χ2n) is 5.18. The van der Waals surface area contributed by atoms with E-state index in [1.807, 2.05) is 38.2 Å². The molecule has 3 nitrogen and oxygen atoms in total. The van der Waals surface area contributed by atoms with Crippen LogP contribution in [0.1, 0.15) is 36.4 Å². The molecule has 0 fully saturated rings. The molecule has 1 amide bonds. The summed E-state index contributed by atoms with van der Waals surface area (Å²) in [4.78, 5) is 16.2. The molecule has 4 heteroatoms. The van der Waals surface area contributed by atoms with Crippen LogP contribution in [-0.2, 0) is 0 Å². The minimum atomic E-state index is 0.0454. The van der Waals surface area contributed by atoms with Gasteiger partial charge in [0, 0.05) is 18.5 Å². The lowest BCUT2D eigenvalue weighted by Crippen LogP contribution is -2.27. The molecule has 0 aliphatic rings.